The standard InChI is InChI=1S/C23H32O4/c1-17(18-8-6-5-7-9-18)23(25)13-11-20(24)14-19(23)10-12-22(4)26-15-21(2,3)16-27-22/h5-9,11,13,17,19,25H,10,12,14-16H2,1-4H3. The number of hydrogen-bond acceptors (Lipinski definition) is 4. The van der Waals surface area contributed by atoms with Gasteiger partial charge in [0.15, 0.2) is 11.6 Å². The van der Waals surface area contributed by atoms with Gasteiger partial charge in [-0.15, -0.1) is 0 Å². The maximum Gasteiger partial charge on any atom is 0.165 e. The van der Waals surface area contributed by atoms with E-state index in [1.54, 1.807) is 6.08 Å². The third-order valence-corrected chi connectivity index (χ3v) is 6.11. The molecule has 0 spiro atoms. The summed E-state index contributed by atoms with van der Waals surface area (Å²) in [5, 5.41) is 11.5. The molecule has 1 fully saturated rings. The molecule has 27 heavy (non-hydrogen) atoms. The summed E-state index contributed by atoms with van der Waals surface area (Å²) in [4.78, 5) is 12.1. The molecule has 0 aromatic heterocycles. The first kappa shape index (κ1) is 20.2. The van der Waals surface area contributed by atoms with Gasteiger partial charge in [-0.3, -0.25) is 4.79 Å². The van der Waals surface area contributed by atoms with Gasteiger partial charge < -0.3 is 14.6 Å². The molecule has 0 saturated carbocycles. The van der Waals surface area contributed by atoms with Crippen molar-refractivity contribution in [3.63, 3.8) is 0 Å². The van der Waals surface area contributed by atoms with Crippen molar-refractivity contribution in [2.24, 2.45) is 11.3 Å². The molecule has 1 aliphatic carbocycles. The van der Waals surface area contributed by atoms with Gasteiger partial charge >= 0.3 is 0 Å². The summed E-state index contributed by atoms with van der Waals surface area (Å²) in [5.74, 6) is -0.852. The molecule has 0 amide bonds. The van der Waals surface area contributed by atoms with Crippen molar-refractivity contribution >= 4 is 5.78 Å². The van der Waals surface area contributed by atoms with Gasteiger partial charge in [0.2, 0.25) is 0 Å². The molecule has 4 heteroatoms. The quantitative estimate of drug-likeness (QED) is 0.840. The average Bonchev–Trinajstić information content (AvgIpc) is 2.65. The van der Waals surface area contributed by atoms with E-state index in [0.29, 0.717) is 32.5 Å². The molecule has 0 radical (unpaired) electrons. The lowest BCUT2D eigenvalue weighted by Gasteiger charge is -2.44. The Hall–Kier alpha value is -1.49. The summed E-state index contributed by atoms with van der Waals surface area (Å²) in [6.07, 6.45) is 4.91. The van der Waals surface area contributed by atoms with Crippen LogP contribution in [0.15, 0.2) is 42.5 Å². The van der Waals surface area contributed by atoms with Crippen LogP contribution in [-0.2, 0) is 14.3 Å². The molecule has 3 unspecified atom stereocenters. The van der Waals surface area contributed by atoms with Crippen molar-refractivity contribution < 1.29 is 19.4 Å². The number of hydrogen-bond donors (Lipinski definition) is 1. The largest absolute Gasteiger partial charge is 0.385 e. The first-order valence-electron chi connectivity index (χ1n) is 9.91. The van der Waals surface area contributed by atoms with E-state index < -0.39 is 11.4 Å². The summed E-state index contributed by atoms with van der Waals surface area (Å²) in [7, 11) is 0. The van der Waals surface area contributed by atoms with Crippen molar-refractivity contribution in [3.05, 3.63) is 48.0 Å². The molecular formula is C23H32O4. The molecule has 3 rings (SSSR count). The highest BCUT2D eigenvalue weighted by Gasteiger charge is 2.45. The van der Waals surface area contributed by atoms with Crippen LogP contribution in [0.2, 0.25) is 0 Å². The number of aliphatic hydroxyl groups is 1. The van der Waals surface area contributed by atoms with Gasteiger partial charge in [0, 0.05) is 24.2 Å². The van der Waals surface area contributed by atoms with E-state index in [1.807, 2.05) is 44.2 Å². The van der Waals surface area contributed by atoms with Crippen LogP contribution in [-0.4, -0.2) is 35.5 Å². The van der Waals surface area contributed by atoms with Crippen molar-refractivity contribution in [1.82, 2.24) is 0 Å². The van der Waals surface area contributed by atoms with Gasteiger partial charge in [-0.2, -0.15) is 0 Å². The molecule has 148 valence electrons. The minimum absolute atomic E-state index is 0.0195. The van der Waals surface area contributed by atoms with E-state index in [4.69, 9.17) is 9.47 Å². The lowest BCUT2D eigenvalue weighted by atomic mass is 9.68. The van der Waals surface area contributed by atoms with Crippen LogP contribution in [0.4, 0.5) is 0 Å². The first-order chi connectivity index (χ1) is 12.6. The lowest BCUT2D eigenvalue weighted by molar-refractivity contribution is -0.293. The summed E-state index contributed by atoms with van der Waals surface area (Å²) in [6, 6.07) is 9.99. The molecule has 4 nitrogen and oxygen atoms in total. The molecule has 1 saturated heterocycles. The van der Waals surface area contributed by atoms with Gasteiger partial charge in [-0.25, -0.2) is 0 Å². The van der Waals surface area contributed by atoms with Crippen LogP contribution in [0.5, 0.6) is 0 Å². The monoisotopic (exact) mass is 372 g/mol. The molecule has 1 aromatic rings. The van der Waals surface area contributed by atoms with E-state index in [-0.39, 0.29) is 23.0 Å². The molecule has 0 bridgehead atoms. The van der Waals surface area contributed by atoms with E-state index in [0.717, 1.165) is 5.56 Å². The maximum atomic E-state index is 12.1. The van der Waals surface area contributed by atoms with E-state index in [9.17, 15) is 9.90 Å². The zero-order valence-electron chi connectivity index (χ0n) is 16.9. The zero-order chi connectivity index (χ0) is 19.7. The van der Waals surface area contributed by atoms with Gasteiger partial charge in [-0.05, 0) is 37.0 Å². The molecule has 2 aliphatic rings. The molecule has 1 heterocycles. The fraction of sp³-hybridized carbons (Fsp3) is 0.609. The predicted octanol–water partition coefficient (Wildman–Crippen LogP) is 4.24. The highest BCUT2D eigenvalue weighted by Crippen LogP contribution is 2.43. The summed E-state index contributed by atoms with van der Waals surface area (Å²) in [5.41, 5.74) is 0.0349. The van der Waals surface area contributed by atoms with E-state index in [1.165, 1.54) is 6.08 Å². The van der Waals surface area contributed by atoms with Crippen molar-refractivity contribution in [2.45, 2.75) is 64.3 Å². The Bertz CT molecular complexity index is 684. The minimum atomic E-state index is -1.06. The average molecular weight is 373 g/mol. The Labute approximate surface area is 162 Å². The maximum absolute atomic E-state index is 12.1. The third-order valence-electron chi connectivity index (χ3n) is 6.11. The second-order valence-corrected chi connectivity index (χ2v) is 9.13. The molecule has 1 aliphatic heterocycles. The Morgan fingerprint density at radius 1 is 1.15 bits per heavy atom. The second kappa shape index (κ2) is 7.50. The summed E-state index contributed by atoms with van der Waals surface area (Å²) < 4.78 is 12.0. The van der Waals surface area contributed by atoms with Crippen LogP contribution in [0.25, 0.3) is 0 Å². The summed E-state index contributed by atoms with van der Waals surface area (Å²) >= 11 is 0. The molecule has 1 N–H and O–H groups in total. The highest BCUT2D eigenvalue weighted by atomic mass is 16.7. The van der Waals surface area contributed by atoms with Crippen LogP contribution in [0.3, 0.4) is 0 Å². The van der Waals surface area contributed by atoms with Crippen LogP contribution in [0, 0.1) is 11.3 Å². The number of rotatable bonds is 5. The summed E-state index contributed by atoms with van der Waals surface area (Å²) in [6.45, 7) is 9.53. The Morgan fingerprint density at radius 2 is 1.78 bits per heavy atom. The number of ether oxygens (including phenoxy) is 2. The Morgan fingerprint density at radius 3 is 2.41 bits per heavy atom. The number of allylic oxidation sites excluding steroid dienone is 1. The van der Waals surface area contributed by atoms with Gasteiger partial charge in [0.1, 0.15) is 0 Å². The van der Waals surface area contributed by atoms with Crippen LogP contribution in [0.1, 0.15) is 58.4 Å². The van der Waals surface area contributed by atoms with Crippen molar-refractivity contribution in [3.8, 4) is 0 Å². The van der Waals surface area contributed by atoms with Gasteiger partial charge in [-0.1, -0.05) is 51.1 Å². The van der Waals surface area contributed by atoms with E-state index >= 15 is 0 Å². The second-order valence-electron chi connectivity index (χ2n) is 9.13. The van der Waals surface area contributed by atoms with E-state index in [2.05, 4.69) is 13.8 Å². The van der Waals surface area contributed by atoms with Crippen LogP contribution >= 0.6 is 0 Å². The smallest absolute Gasteiger partial charge is 0.165 e. The fourth-order valence-electron chi connectivity index (χ4n) is 4.04. The van der Waals surface area contributed by atoms with Gasteiger partial charge in [0.25, 0.3) is 0 Å². The number of carbonyl (C=O) groups excluding carboxylic acids is 1. The van der Waals surface area contributed by atoms with Crippen LogP contribution < -0.4 is 0 Å². The van der Waals surface area contributed by atoms with Crippen molar-refractivity contribution in [2.75, 3.05) is 13.2 Å². The lowest BCUT2D eigenvalue weighted by Crippen LogP contribution is -2.48. The fourth-order valence-corrected chi connectivity index (χ4v) is 4.04. The highest BCUT2D eigenvalue weighted by molar-refractivity contribution is 5.91. The van der Waals surface area contributed by atoms with Crippen molar-refractivity contribution in [1.29, 1.82) is 0 Å². The molecule has 3 atom stereocenters. The topological polar surface area (TPSA) is 55.8 Å². The minimum Gasteiger partial charge on any atom is -0.385 e. The SMILES string of the molecule is CC(c1ccccc1)C1(O)C=CC(=O)CC1CCC1(C)OCC(C)(C)CO1. The predicted molar refractivity (Wildman–Crippen MR) is 105 cm³/mol. The number of benzene rings is 1. The number of ketones is 1. The Balaban J connectivity index is 1.74. The number of carbonyl (C=O) groups is 1. The molecular weight excluding hydrogens is 340 g/mol. The zero-order valence-corrected chi connectivity index (χ0v) is 16.9. The third kappa shape index (κ3) is 4.50. The Kier molecular flexibility index (Phi) is 5.62. The first-order valence-corrected chi connectivity index (χ1v) is 9.91. The molecule has 1 aromatic carbocycles. The van der Waals surface area contributed by atoms with Gasteiger partial charge in [0.05, 0.1) is 18.8 Å². The normalized spacial score (nSPS) is 30.9.